The van der Waals surface area contributed by atoms with Crippen LogP contribution < -0.4 is 5.32 Å². The third-order valence-corrected chi connectivity index (χ3v) is 3.72. The Morgan fingerprint density at radius 3 is 2.79 bits per heavy atom. The lowest BCUT2D eigenvalue weighted by atomic mass is 10.2. The van der Waals surface area contributed by atoms with Gasteiger partial charge in [-0.15, -0.1) is 0 Å². The topological polar surface area (TPSA) is 72.7 Å². The van der Waals surface area contributed by atoms with E-state index in [2.05, 4.69) is 20.8 Å². The van der Waals surface area contributed by atoms with Gasteiger partial charge in [0.1, 0.15) is 0 Å². The van der Waals surface area contributed by atoms with Gasteiger partial charge in [0.25, 0.3) is 0 Å². The summed E-state index contributed by atoms with van der Waals surface area (Å²) in [5, 5.41) is 14.4. The van der Waals surface area contributed by atoms with Crippen LogP contribution in [-0.4, -0.2) is 42.0 Å². The number of nitrogens with zero attached hydrogens (tertiary/aromatic N) is 4. The zero-order valence-corrected chi connectivity index (χ0v) is 8.83. The van der Waals surface area contributed by atoms with Crippen molar-refractivity contribution in [2.45, 2.75) is 18.9 Å². The van der Waals surface area contributed by atoms with Crippen LogP contribution in [0.1, 0.15) is 12.8 Å². The van der Waals surface area contributed by atoms with Crippen molar-refractivity contribution < 1.29 is 4.21 Å². The van der Waals surface area contributed by atoms with Crippen LogP contribution in [0.3, 0.4) is 0 Å². The molecule has 1 aliphatic heterocycles. The fourth-order valence-corrected chi connectivity index (χ4v) is 2.77. The molecule has 1 aromatic rings. The molecule has 1 fully saturated rings. The summed E-state index contributed by atoms with van der Waals surface area (Å²) < 4.78 is 12.7. The molecule has 2 rings (SSSR count). The van der Waals surface area contributed by atoms with E-state index in [0.29, 0.717) is 12.0 Å². The highest BCUT2D eigenvalue weighted by atomic mass is 32.2. The van der Waals surface area contributed by atoms with E-state index in [0.717, 1.165) is 24.3 Å². The Morgan fingerprint density at radius 2 is 2.21 bits per heavy atom. The Balaban J connectivity index is 1.92. The average Bonchev–Trinajstić information content (AvgIpc) is 2.56. The highest BCUT2D eigenvalue weighted by molar-refractivity contribution is 7.85. The number of hydrogen-bond acceptors (Lipinski definition) is 5. The summed E-state index contributed by atoms with van der Waals surface area (Å²) in [5.74, 6) is 2.24. The highest BCUT2D eigenvalue weighted by Crippen LogP contribution is 2.13. The van der Waals surface area contributed by atoms with E-state index in [1.54, 1.807) is 11.7 Å². The summed E-state index contributed by atoms with van der Waals surface area (Å²) in [6.07, 6.45) is 1.86. The van der Waals surface area contributed by atoms with Crippen LogP contribution in [-0.2, 0) is 17.8 Å². The molecule has 0 aliphatic carbocycles. The molecule has 0 bridgehead atoms. The van der Waals surface area contributed by atoms with Crippen LogP contribution in [0.4, 0.5) is 5.95 Å². The van der Waals surface area contributed by atoms with Crippen molar-refractivity contribution in [1.82, 2.24) is 20.2 Å². The van der Waals surface area contributed by atoms with E-state index in [9.17, 15) is 4.21 Å². The lowest BCUT2D eigenvalue weighted by Crippen LogP contribution is -2.30. The van der Waals surface area contributed by atoms with Crippen LogP contribution in [0.25, 0.3) is 0 Å². The van der Waals surface area contributed by atoms with Gasteiger partial charge in [-0.3, -0.25) is 4.21 Å². The van der Waals surface area contributed by atoms with Crippen molar-refractivity contribution in [3.05, 3.63) is 0 Å². The number of aromatic nitrogens is 4. The van der Waals surface area contributed by atoms with Crippen LogP contribution in [0.2, 0.25) is 0 Å². The average molecular weight is 215 g/mol. The number of hydrogen-bond donors (Lipinski definition) is 1. The molecule has 78 valence electrons. The van der Waals surface area contributed by atoms with Gasteiger partial charge in [0, 0.05) is 35.4 Å². The fraction of sp³-hybridized carbons (Fsp3) is 0.857. The Kier molecular flexibility index (Phi) is 2.76. The molecule has 1 saturated heterocycles. The molecule has 0 spiro atoms. The first-order valence-corrected chi connectivity index (χ1v) is 6.08. The predicted molar refractivity (Wildman–Crippen MR) is 53.3 cm³/mol. The lowest BCUT2D eigenvalue weighted by Gasteiger charge is -2.22. The van der Waals surface area contributed by atoms with E-state index in [-0.39, 0.29) is 0 Å². The standard InChI is InChI=1S/C7H13N5OS/c1-12-7(9-10-11-12)8-6-2-4-14(13)5-3-6/h6H,2-5H2,1H3,(H,8,9,11). The van der Waals surface area contributed by atoms with Gasteiger partial charge in [-0.2, -0.15) is 0 Å². The molecule has 1 aromatic heterocycles. The molecule has 1 N–H and O–H groups in total. The molecule has 2 heterocycles. The van der Waals surface area contributed by atoms with E-state index < -0.39 is 10.8 Å². The summed E-state index contributed by atoms with van der Waals surface area (Å²) in [7, 11) is 1.18. The van der Waals surface area contributed by atoms with Gasteiger partial charge < -0.3 is 5.32 Å². The van der Waals surface area contributed by atoms with Gasteiger partial charge in [0.05, 0.1) is 0 Å². The first-order valence-electron chi connectivity index (χ1n) is 4.59. The van der Waals surface area contributed by atoms with Gasteiger partial charge in [0.15, 0.2) is 0 Å². The number of anilines is 1. The third kappa shape index (κ3) is 2.09. The Hall–Kier alpha value is -0.980. The molecule has 1 aliphatic rings. The molecule has 14 heavy (non-hydrogen) atoms. The summed E-state index contributed by atoms with van der Waals surface area (Å²) >= 11 is 0. The zero-order valence-electron chi connectivity index (χ0n) is 8.01. The number of aryl methyl sites for hydroxylation is 1. The SMILES string of the molecule is Cn1nnnc1NC1CCS(=O)CC1. The molecular formula is C7H13N5OS. The van der Waals surface area contributed by atoms with Crippen LogP contribution in [0.15, 0.2) is 0 Å². The third-order valence-electron chi connectivity index (χ3n) is 2.34. The minimum atomic E-state index is -0.613. The number of nitrogens with one attached hydrogen (secondary N) is 1. The quantitative estimate of drug-likeness (QED) is 0.722. The second-order valence-corrected chi connectivity index (χ2v) is 5.09. The molecule has 0 amide bonds. The predicted octanol–water partition coefficient (Wildman–Crippen LogP) is -0.467. The van der Waals surface area contributed by atoms with E-state index in [4.69, 9.17) is 0 Å². The molecule has 0 radical (unpaired) electrons. The Bertz CT molecular complexity index is 329. The maximum Gasteiger partial charge on any atom is 0.242 e. The molecule has 6 nitrogen and oxygen atoms in total. The van der Waals surface area contributed by atoms with Crippen LogP contribution >= 0.6 is 0 Å². The lowest BCUT2D eigenvalue weighted by molar-refractivity contribution is 0.614. The molecule has 0 aromatic carbocycles. The molecule has 0 saturated carbocycles. The molecule has 0 atom stereocenters. The zero-order chi connectivity index (χ0) is 9.97. The Labute approximate surface area is 84.5 Å². The molecule has 7 heteroatoms. The maximum absolute atomic E-state index is 11.1. The van der Waals surface area contributed by atoms with Crippen molar-refractivity contribution in [1.29, 1.82) is 0 Å². The summed E-state index contributed by atoms with van der Waals surface area (Å²) in [6.45, 7) is 0. The number of rotatable bonds is 2. The largest absolute Gasteiger partial charge is 0.350 e. The molecular weight excluding hydrogens is 202 g/mol. The van der Waals surface area contributed by atoms with Gasteiger partial charge >= 0.3 is 0 Å². The van der Waals surface area contributed by atoms with E-state index >= 15 is 0 Å². The summed E-state index contributed by atoms with van der Waals surface area (Å²) in [4.78, 5) is 0. The first-order chi connectivity index (χ1) is 6.75. The van der Waals surface area contributed by atoms with Crippen molar-refractivity contribution in [3.8, 4) is 0 Å². The van der Waals surface area contributed by atoms with Crippen molar-refractivity contribution in [3.63, 3.8) is 0 Å². The fourth-order valence-electron chi connectivity index (χ4n) is 1.47. The van der Waals surface area contributed by atoms with Gasteiger partial charge in [-0.1, -0.05) is 5.10 Å². The summed E-state index contributed by atoms with van der Waals surface area (Å²) in [6, 6.07) is 0.359. The van der Waals surface area contributed by atoms with Crippen molar-refractivity contribution >= 4 is 16.7 Å². The molecule has 0 unspecified atom stereocenters. The maximum atomic E-state index is 11.1. The van der Waals surface area contributed by atoms with Gasteiger partial charge in [-0.05, 0) is 23.3 Å². The minimum absolute atomic E-state index is 0.359. The van der Waals surface area contributed by atoms with Crippen molar-refractivity contribution in [2.24, 2.45) is 7.05 Å². The van der Waals surface area contributed by atoms with E-state index in [1.165, 1.54) is 0 Å². The van der Waals surface area contributed by atoms with Gasteiger partial charge in [-0.25, -0.2) is 4.68 Å². The Morgan fingerprint density at radius 1 is 1.50 bits per heavy atom. The van der Waals surface area contributed by atoms with Gasteiger partial charge in [0.2, 0.25) is 5.95 Å². The normalized spacial score (nSPS) is 27.5. The smallest absolute Gasteiger partial charge is 0.242 e. The monoisotopic (exact) mass is 215 g/mol. The number of tetrazole rings is 1. The second-order valence-electron chi connectivity index (χ2n) is 3.39. The van der Waals surface area contributed by atoms with Crippen molar-refractivity contribution in [2.75, 3.05) is 16.8 Å². The minimum Gasteiger partial charge on any atom is -0.350 e. The van der Waals surface area contributed by atoms with Crippen LogP contribution in [0.5, 0.6) is 0 Å². The highest BCUT2D eigenvalue weighted by Gasteiger charge is 2.18. The first kappa shape index (κ1) is 9.57. The van der Waals surface area contributed by atoms with Crippen LogP contribution in [0, 0.1) is 0 Å². The summed E-state index contributed by atoms with van der Waals surface area (Å²) in [5.41, 5.74) is 0. The second kappa shape index (κ2) is 4.04. The van der Waals surface area contributed by atoms with E-state index in [1.807, 2.05) is 0 Å².